The van der Waals surface area contributed by atoms with Gasteiger partial charge in [-0.2, -0.15) is 0 Å². The SMILES string of the molecule is O=CCOc1ccc(Br)c(Cl)c1. The predicted octanol–water partition coefficient (Wildman–Crippen LogP) is 2.68. The highest BCUT2D eigenvalue weighted by Gasteiger charge is 1.98. The number of benzene rings is 1. The first-order chi connectivity index (χ1) is 5.74. The molecule has 0 bridgehead atoms. The van der Waals surface area contributed by atoms with E-state index in [1.165, 1.54) is 0 Å². The minimum Gasteiger partial charge on any atom is -0.486 e. The molecule has 0 fully saturated rings. The fourth-order valence-corrected chi connectivity index (χ4v) is 1.11. The normalized spacial score (nSPS) is 9.50. The zero-order chi connectivity index (χ0) is 8.97. The van der Waals surface area contributed by atoms with Gasteiger partial charge in [0.15, 0.2) is 6.29 Å². The van der Waals surface area contributed by atoms with Gasteiger partial charge in [0.25, 0.3) is 0 Å². The van der Waals surface area contributed by atoms with Crippen LogP contribution < -0.4 is 4.74 Å². The summed E-state index contributed by atoms with van der Waals surface area (Å²) in [6.07, 6.45) is 0.690. The minimum absolute atomic E-state index is 0.0535. The van der Waals surface area contributed by atoms with Crippen molar-refractivity contribution < 1.29 is 9.53 Å². The molecule has 1 aromatic carbocycles. The summed E-state index contributed by atoms with van der Waals surface area (Å²) in [5.74, 6) is 0.593. The molecule has 0 atom stereocenters. The van der Waals surface area contributed by atoms with Gasteiger partial charge in [0, 0.05) is 4.47 Å². The predicted molar refractivity (Wildman–Crippen MR) is 50.7 cm³/mol. The number of carbonyl (C=O) groups is 1. The summed E-state index contributed by atoms with van der Waals surface area (Å²) in [5.41, 5.74) is 0. The molecule has 12 heavy (non-hydrogen) atoms. The second kappa shape index (κ2) is 4.48. The molecule has 1 aromatic rings. The molecule has 0 aliphatic carbocycles. The Hall–Kier alpha value is -0.540. The lowest BCUT2D eigenvalue weighted by Gasteiger charge is -2.02. The Kier molecular flexibility index (Phi) is 3.56. The Balaban J connectivity index is 2.75. The Morgan fingerprint density at radius 1 is 1.58 bits per heavy atom. The summed E-state index contributed by atoms with van der Waals surface area (Å²) in [4.78, 5) is 9.96. The third-order valence-corrected chi connectivity index (χ3v) is 2.44. The molecule has 0 aliphatic heterocycles. The molecule has 0 saturated heterocycles. The van der Waals surface area contributed by atoms with E-state index in [0.29, 0.717) is 17.1 Å². The van der Waals surface area contributed by atoms with Crippen molar-refractivity contribution in [3.05, 3.63) is 27.7 Å². The number of carbonyl (C=O) groups excluding carboxylic acids is 1. The average molecular weight is 249 g/mol. The van der Waals surface area contributed by atoms with Crippen LogP contribution in [0.5, 0.6) is 5.75 Å². The molecule has 0 aromatic heterocycles. The van der Waals surface area contributed by atoms with E-state index in [-0.39, 0.29) is 6.61 Å². The Bertz CT molecular complexity index is 288. The van der Waals surface area contributed by atoms with Gasteiger partial charge in [-0.25, -0.2) is 0 Å². The van der Waals surface area contributed by atoms with Gasteiger partial charge in [-0.15, -0.1) is 0 Å². The second-order valence-electron chi connectivity index (χ2n) is 2.05. The summed E-state index contributed by atoms with van der Waals surface area (Å²) < 4.78 is 5.83. The van der Waals surface area contributed by atoms with Crippen molar-refractivity contribution in [2.75, 3.05) is 6.61 Å². The first-order valence-corrected chi connectivity index (χ1v) is 4.42. The highest BCUT2D eigenvalue weighted by Crippen LogP contribution is 2.26. The van der Waals surface area contributed by atoms with Crippen molar-refractivity contribution in [3.63, 3.8) is 0 Å². The van der Waals surface area contributed by atoms with E-state index in [0.717, 1.165) is 4.47 Å². The molecule has 0 spiro atoms. The van der Waals surface area contributed by atoms with Crippen LogP contribution in [0.4, 0.5) is 0 Å². The highest BCUT2D eigenvalue weighted by molar-refractivity contribution is 9.10. The minimum atomic E-state index is 0.0535. The van der Waals surface area contributed by atoms with Crippen LogP contribution in [-0.4, -0.2) is 12.9 Å². The molecule has 4 heteroatoms. The van der Waals surface area contributed by atoms with Gasteiger partial charge in [0.05, 0.1) is 5.02 Å². The van der Waals surface area contributed by atoms with E-state index >= 15 is 0 Å². The van der Waals surface area contributed by atoms with Crippen LogP contribution in [-0.2, 0) is 4.79 Å². The Morgan fingerprint density at radius 3 is 2.92 bits per heavy atom. The van der Waals surface area contributed by atoms with E-state index in [2.05, 4.69) is 15.9 Å². The van der Waals surface area contributed by atoms with Crippen LogP contribution in [0.1, 0.15) is 0 Å². The van der Waals surface area contributed by atoms with E-state index in [4.69, 9.17) is 16.3 Å². The fraction of sp³-hybridized carbons (Fsp3) is 0.125. The van der Waals surface area contributed by atoms with E-state index in [1.807, 2.05) is 0 Å². The summed E-state index contributed by atoms with van der Waals surface area (Å²) in [5, 5.41) is 0.568. The van der Waals surface area contributed by atoms with Crippen LogP contribution in [0.15, 0.2) is 22.7 Å². The van der Waals surface area contributed by atoms with Gasteiger partial charge in [-0.3, -0.25) is 4.79 Å². The van der Waals surface area contributed by atoms with Gasteiger partial charge in [-0.1, -0.05) is 11.6 Å². The topological polar surface area (TPSA) is 26.3 Å². The van der Waals surface area contributed by atoms with Crippen LogP contribution in [0.25, 0.3) is 0 Å². The van der Waals surface area contributed by atoms with Gasteiger partial charge in [-0.05, 0) is 34.1 Å². The van der Waals surface area contributed by atoms with Crippen LogP contribution in [0.3, 0.4) is 0 Å². The molecule has 0 N–H and O–H groups in total. The molecule has 0 saturated carbocycles. The zero-order valence-corrected chi connectivity index (χ0v) is 8.43. The number of ether oxygens (including phenoxy) is 1. The number of halogens is 2. The smallest absolute Gasteiger partial charge is 0.157 e. The number of hydrogen-bond acceptors (Lipinski definition) is 2. The average Bonchev–Trinajstić information content (AvgIpc) is 2.07. The zero-order valence-electron chi connectivity index (χ0n) is 6.09. The highest BCUT2D eigenvalue weighted by atomic mass is 79.9. The molecular formula is C8H6BrClO2. The van der Waals surface area contributed by atoms with Crippen LogP contribution >= 0.6 is 27.5 Å². The molecule has 64 valence electrons. The molecule has 1 rings (SSSR count). The lowest BCUT2D eigenvalue weighted by atomic mass is 10.3. The van der Waals surface area contributed by atoms with Crippen molar-refractivity contribution in [3.8, 4) is 5.75 Å². The maximum atomic E-state index is 9.96. The lowest BCUT2D eigenvalue weighted by Crippen LogP contribution is -1.97. The van der Waals surface area contributed by atoms with Gasteiger partial charge >= 0.3 is 0 Å². The molecule has 0 heterocycles. The van der Waals surface area contributed by atoms with Crippen molar-refractivity contribution in [1.82, 2.24) is 0 Å². The molecule has 0 radical (unpaired) electrons. The van der Waals surface area contributed by atoms with E-state index in [9.17, 15) is 4.79 Å². The van der Waals surface area contributed by atoms with Gasteiger partial charge < -0.3 is 4.74 Å². The third-order valence-electron chi connectivity index (χ3n) is 1.21. The third kappa shape index (κ3) is 2.50. The van der Waals surface area contributed by atoms with Gasteiger partial charge in [0.1, 0.15) is 12.4 Å². The lowest BCUT2D eigenvalue weighted by molar-refractivity contribution is -0.109. The summed E-state index contributed by atoms with van der Waals surface area (Å²) in [7, 11) is 0. The summed E-state index contributed by atoms with van der Waals surface area (Å²) in [6, 6.07) is 5.15. The maximum Gasteiger partial charge on any atom is 0.157 e. The Morgan fingerprint density at radius 2 is 2.33 bits per heavy atom. The quantitative estimate of drug-likeness (QED) is 0.770. The van der Waals surface area contributed by atoms with E-state index in [1.54, 1.807) is 18.2 Å². The molecule has 2 nitrogen and oxygen atoms in total. The standard InChI is InChI=1S/C8H6BrClO2/c9-7-2-1-6(5-8(7)10)12-4-3-11/h1-3,5H,4H2. The monoisotopic (exact) mass is 248 g/mol. The maximum absolute atomic E-state index is 9.96. The summed E-state index contributed by atoms with van der Waals surface area (Å²) in [6.45, 7) is 0.0535. The molecule has 0 amide bonds. The molecule has 0 unspecified atom stereocenters. The first-order valence-electron chi connectivity index (χ1n) is 3.25. The number of hydrogen-bond donors (Lipinski definition) is 0. The molecular weight excluding hydrogens is 243 g/mol. The van der Waals surface area contributed by atoms with Crippen molar-refractivity contribution in [2.24, 2.45) is 0 Å². The second-order valence-corrected chi connectivity index (χ2v) is 3.32. The fourth-order valence-electron chi connectivity index (χ4n) is 0.697. The van der Waals surface area contributed by atoms with Crippen molar-refractivity contribution in [1.29, 1.82) is 0 Å². The summed E-state index contributed by atoms with van der Waals surface area (Å²) >= 11 is 9.02. The van der Waals surface area contributed by atoms with Crippen LogP contribution in [0, 0.1) is 0 Å². The van der Waals surface area contributed by atoms with E-state index < -0.39 is 0 Å². The molecule has 0 aliphatic rings. The first kappa shape index (κ1) is 9.55. The van der Waals surface area contributed by atoms with Crippen LogP contribution in [0.2, 0.25) is 5.02 Å². The van der Waals surface area contributed by atoms with Crippen molar-refractivity contribution >= 4 is 33.8 Å². The van der Waals surface area contributed by atoms with Crippen molar-refractivity contribution in [2.45, 2.75) is 0 Å². The number of rotatable bonds is 3. The largest absolute Gasteiger partial charge is 0.486 e. The van der Waals surface area contributed by atoms with Gasteiger partial charge in [0.2, 0.25) is 0 Å². The number of aldehydes is 1. The Labute approximate surface area is 83.6 Å².